The van der Waals surface area contributed by atoms with E-state index in [1.807, 2.05) is 4.90 Å². The summed E-state index contributed by atoms with van der Waals surface area (Å²) in [6.45, 7) is 11.8. The van der Waals surface area contributed by atoms with Crippen LogP contribution in [0.4, 0.5) is 0 Å². The number of aromatic nitrogens is 1. The van der Waals surface area contributed by atoms with Crippen molar-refractivity contribution in [2.24, 2.45) is 5.73 Å². The van der Waals surface area contributed by atoms with Gasteiger partial charge >= 0.3 is 0 Å². The van der Waals surface area contributed by atoms with Gasteiger partial charge in [-0.1, -0.05) is 33.6 Å². The summed E-state index contributed by atoms with van der Waals surface area (Å²) in [4.78, 5) is 21.5. The maximum Gasteiger partial charge on any atom is 0.222 e. The van der Waals surface area contributed by atoms with Gasteiger partial charge in [0.25, 0.3) is 0 Å². The van der Waals surface area contributed by atoms with Crippen LogP contribution in [0.15, 0.2) is 5.38 Å². The molecule has 5 nitrogen and oxygen atoms in total. The van der Waals surface area contributed by atoms with Crippen molar-refractivity contribution in [3.8, 4) is 0 Å². The lowest BCUT2D eigenvalue weighted by Crippen LogP contribution is -2.48. The fraction of sp³-hybridized carbons (Fsp3) is 0.789. The van der Waals surface area contributed by atoms with E-state index in [-0.39, 0.29) is 30.2 Å². The number of nitrogens with zero attached hydrogens (tertiary/aromatic N) is 3. The Kier molecular flexibility index (Phi) is 12.7. The summed E-state index contributed by atoms with van der Waals surface area (Å²) in [7, 11) is 0. The number of thiazole rings is 1. The number of amides is 1. The molecule has 1 saturated heterocycles. The topological polar surface area (TPSA) is 62.5 Å². The van der Waals surface area contributed by atoms with Crippen LogP contribution in [-0.2, 0) is 16.8 Å². The molecule has 0 aliphatic carbocycles. The van der Waals surface area contributed by atoms with Crippen LogP contribution in [0.5, 0.6) is 0 Å². The van der Waals surface area contributed by atoms with Crippen molar-refractivity contribution < 1.29 is 4.79 Å². The van der Waals surface area contributed by atoms with Gasteiger partial charge in [0.15, 0.2) is 0 Å². The summed E-state index contributed by atoms with van der Waals surface area (Å²) in [5, 5.41) is 3.38. The maximum absolute atomic E-state index is 12.3. The number of hydrogen-bond donors (Lipinski definition) is 1. The Morgan fingerprint density at radius 2 is 1.74 bits per heavy atom. The number of piperazine rings is 1. The second-order valence-corrected chi connectivity index (χ2v) is 8.86. The summed E-state index contributed by atoms with van der Waals surface area (Å²) in [5.74, 6) is 0.316. The fourth-order valence-corrected chi connectivity index (χ4v) is 3.94. The Labute approximate surface area is 180 Å². The molecule has 2 N–H and O–H groups in total. The minimum atomic E-state index is 0. The van der Waals surface area contributed by atoms with Crippen LogP contribution in [-0.4, -0.2) is 53.4 Å². The van der Waals surface area contributed by atoms with Gasteiger partial charge in [0, 0.05) is 49.9 Å². The molecule has 2 heterocycles. The summed E-state index contributed by atoms with van der Waals surface area (Å²) in [6.07, 6.45) is 5.00. The van der Waals surface area contributed by atoms with Gasteiger partial charge in [-0.15, -0.1) is 36.2 Å². The van der Waals surface area contributed by atoms with Crippen LogP contribution < -0.4 is 5.73 Å². The Hall–Kier alpha value is -0.400. The molecule has 2 rings (SSSR count). The Bertz CT molecular complexity index is 540. The third-order valence-corrected chi connectivity index (χ3v) is 5.97. The zero-order valence-electron chi connectivity index (χ0n) is 16.9. The average molecular weight is 439 g/mol. The fourth-order valence-electron chi connectivity index (χ4n) is 3.04. The number of halogens is 2. The average Bonchev–Trinajstić information content (AvgIpc) is 3.04. The van der Waals surface area contributed by atoms with Crippen LogP contribution in [0, 0.1) is 0 Å². The lowest BCUT2D eigenvalue weighted by Gasteiger charge is -2.34. The molecule has 1 aliphatic rings. The highest BCUT2D eigenvalue weighted by atomic mass is 35.5. The number of carbonyl (C=O) groups excluding carboxylic acids is 1. The SMILES string of the molecule is CC(C)(C)c1nc(CN2CCN(C(=O)CCCCCCN)CC2)cs1.Cl.Cl. The third-order valence-electron chi connectivity index (χ3n) is 4.65. The lowest BCUT2D eigenvalue weighted by molar-refractivity contribution is -0.133. The van der Waals surface area contributed by atoms with Gasteiger partial charge in [-0.2, -0.15) is 0 Å². The molecule has 8 heteroatoms. The molecule has 1 aromatic heterocycles. The van der Waals surface area contributed by atoms with E-state index in [1.54, 1.807) is 11.3 Å². The maximum atomic E-state index is 12.3. The number of rotatable bonds is 8. The quantitative estimate of drug-likeness (QED) is 0.626. The third kappa shape index (κ3) is 9.09. The number of unbranched alkanes of at least 4 members (excludes halogenated alkanes) is 3. The van der Waals surface area contributed by atoms with E-state index in [2.05, 4.69) is 31.1 Å². The standard InChI is InChI=1S/C19H34N4OS.2ClH/c1-19(2,3)18-21-16(15-25-18)14-22-10-12-23(13-11-22)17(24)8-6-4-5-7-9-20;;/h15H,4-14,20H2,1-3H3;2*1H. The monoisotopic (exact) mass is 438 g/mol. The summed E-state index contributed by atoms with van der Waals surface area (Å²) in [6, 6.07) is 0. The first-order valence-corrected chi connectivity index (χ1v) is 10.4. The largest absolute Gasteiger partial charge is 0.340 e. The second kappa shape index (κ2) is 12.9. The molecule has 0 radical (unpaired) electrons. The molecule has 0 atom stereocenters. The van der Waals surface area contributed by atoms with E-state index in [0.717, 1.165) is 70.6 Å². The van der Waals surface area contributed by atoms with Gasteiger partial charge in [-0.25, -0.2) is 4.98 Å². The Morgan fingerprint density at radius 1 is 1.11 bits per heavy atom. The van der Waals surface area contributed by atoms with Gasteiger partial charge in [-0.05, 0) is 19.4 Å². The van der Waals surface area contributed by atoms with Crippen molar-refractivity contribution in [1.29, 1.82) is 0 Å². The van der Waals surface area contributed by atoms with Crippen molar-refractivity contribution in [3.63, 3.8) is 0 Å². The summed E-state index contributed by atoms with van der Waals surface area (Å²) in [5.41, 5.74) is 6.78. The van der Waals surface area contributed by atoms with Crippen LogP contribution in [0.2, 0.25) is 0 Å². The Morgan fingerprint density at radius 3 is 2.30 bits per heavy atom. The van der Waals surface area contributed by atoms with E-state index >= 15 is 0 Å². The summed E-state index contributed by atoms with van der Waals surface area (Å²) < 4.78 is 0. The molecule has 158 valence electrons. The first-order valence-electron chi connectivity index (χ1n) is 9.55. The highest BCUT2D eigenvalue weighted by Crippen LogP contribution is 2.26. The van der Waals surface area contributed by atoms with Gasteiger partial charge in [0.1, 0.15) is 0 Å². The van der Waals surface area contributed by atoms with Crippen molar-refractivity contribution in [2.75, 3.05) is 32.7 Å². The van der Waals surface area contributed by atoms with Gasteiger partial charge in [0.2, 0.25) is 5.91 Å². The van der Waals surface area contributed by atoms with E-state index < -0.39 is 0 Å². The van der Waals surface area contributed by atoms with Crippen molar-refractivity contribution >= 4 is 42.1 Å². The molecule has 0 saturated carbocycles. The molecule has 1 amide bonds. The molecule has 0 aromatic carbocycles. The number of hydrogen-bond acceptors (Lipinski definition) is 5. The van der Waals surface area contributed by atoms with Crippen LogP contribution in [0.3, 0.4) is 0 Å². The molecule has 0 bridgehead atoms. The highest BCUT2D eigenvalue weighted by Gasteiger charge is 2.22. The zero-order valence-corrected chi connectivity index (χ0v) is 19.4. The first kappa shape index (κ1) is 26.6. The van der Waals surface area contributed by atoms with Gasteiger partial charge in [0.05, 0.1) is 10.7 Å². The number of carbonyl (C=O) groups is 1. The summed E-state index contributed by atoms with van der Waals surface area (Å²) >= 11 is 1.75. The lowest BCUT2D eigenvalue weighted by atomic mass is 9.98. The molecular weight excluding hydrogens is 403 g/mol. The Balaban J connectivity index is 0.00000338. The van der Waals surface area contributed by atoms with Crippen molar-refractivity contribution in [3.05, 3.63) is 16.1 Å². The molecule has 1 aromatic rings. The minimum absolute atomic E-state index is 0. The normalized spacial score (nSPS) is 15.2. The van der Waals surface area contributed by atoms with Crippen LogP contribution in [0.1, 0.15) is 63.6 Å². The van der Waals surface area contributed by atoms with E-state index in [9.17, 15) is 4.79 Å². The predicted molar refractivity (Wildman–Crippen MR) is 119 cm³/mol. The van der Waals surface area contributed by atoms with E-state index in [4.69, 9.17) is 10.7 Å². The molecule has 1 fully saturated rings. The van der Waals surface area contributed by atoms with Gasteiger partial charge < -0.3 is 10.6 Å². The number of nitrogens with two attached hydrogens (primary N) is 1. The smallest absolute Gasteiger partial charge is 0.222 e. The zero-order chi connectivity index (χ0) is 18.3. The van der Waals surface area contributed by atoms with Crippen LogP contribution in [0.25, 0.3) is 0 Å². The molecule has 1 aliphatic heterocycles. The molecule has 27 heavy (non-hydrogen) atoms. The van der Waals surface area contributed by atoms with E-state index in [0.29, 0.717) is 12.3 Å². The second-order valence-electron chi connectivity index (χ2n) is 8.00. The van der Waals surface area contributed by atoms with Crippen molar-refractivity contribution in [1.82, 2.24) is 14.8 Å². The van der Waals surface area contributed by atoms with E-state index in [1.165, 1.54) is 5.01 Å². The first-order chi connectivity index (χ1) is 11.9. The van der Waals surface area contributed by atoms with Gasteiger partial charge in [-0.3, -0.25) is 9.69 Å². The minimum Gasteiger partial charge on any atom is -0.340 e. The van der Waals surface area contributed by atoms with Crippen molar-refractivity contribution in [2.45, 2.75) is 64.8 Å². The van der Waals surface area contributed by atoms with Crippen LogP contribution >= 0.6 is 36.2 Å². The highest BCUT2D eigenvalue weighted by molar-refractivity contribution is 7.09. The molecule has 0 spiro atoms. The molecular formula is C19H36Cl2N4OS. The molecule has 0 unspecified atom stereocenters. The predicted octanol–water partition coefficient (Wildman–Crippen LogP) is 3.84.